The molecule has 0 spiro atoms. The smallest absolute Gasteiger partial charge is 0.414 e. The van der Waals surface area contributed by atoms with Gasteiger partial charge in [0.05, 0.1) is 18.0 Å². The molecule has 3 aromatic rings. The number of benzene rings is 3. The van der Waals surface area contributed by atoms with E-state index in [9.17, 15) is 19.5 Å². The molecule has 0 aliphatic heterocycles. The number of hydrogen-bond donors (Lipinski definition) is 4. The van der Waals surface area contributed by atoms with Crippen molar-refractivity contribution in [3.8, 4) is 5.75 Å². The number of anilines is 2. The lowest BCUT2D eigenvalue weighted by Crippen LogP contribution is -2.33. The number of para-hydroxylation sites is 3. The van der Waals surface area contributed by atoms with E-state index in [4.69, 9.17) is 15.2 Å². The summed E-state index contributed by atoms with van der Waals surface area (Å²) in [5, 5.41) is 14.1. The highest BCUT2D eigenvalue weighted by atomic mass is 16.6. The molecule has 2 atom stereocenters. The molecule has 0 saturated heterocycles. The standard InChI is InChI=1S/C28H29N3O6/c1-19(15-16-25(33)30-23-13-7-6-12-22(23)29)26(21-11-5-8-14-24(21)36-18-17-32)37-28(35)31-27(34)20-9-3-2-4-10-20/h2-16,19,26,32H,17-18,29H2,1H3,(H,30,33)(H,31,34,35)/b16-15+/t19-,26+/m0/s1. The minimum atomic E-state index is -0.961. The first-order valence-electron chi connectivity index (χ1n) is 11.6. The van der Waals surface area contributed by atoms with Crippen LogP contribution in [0, 0.1) is 5.92 Å². The number of aliphatic hydroxyl groups excluding tert-OH is 1. The van der Waals surface area contributed by atoms with Crippen LogP contribution in [0.15, 0.2) is 91.0 Å². The number of nitrogens with one attached hydrogen (secondary N) is 2. The third-order valence-electron chi connectivity index (χ3n) is 5.31. The lowest BCUT2D eigenvalue weighted by Gasteiger charge is -2.24. The number of aliphatic hydroxyl groups is 1. The summed E-state index contributed by atoms with van der Waals surface area (Å²) >= 11 is 0. The maximum absolute atomic E-state index is 12.7. The molecular weight excluding hydrogens is 474 g/mol. The Kier molecular flexibility index (Phi) is 9.81. The van der Waals surface area contributed by atoms with Gasteiger partial charge >= 0.3 is 6.09 Å². The zero-order chi connectivity index (χ0) is 26.6. The number of ether oxygens (including phenoxy) is 2. The number of nitrogens with two attached hydrogens (primary N) is 1. The Bertz CT molecular complexity index is 1250. The van der Waals surface area contributed by atoms with Crippen LogP contribution in [0.2, 0.25) is 0 Å². The number of nitrogen functional groups attached to an aromatic ring is 1. The molecular formula is C28H29N3O6. The Labute approximate surface area is 214 Å². The van der Waals surface area contributed by atoms with Crippen molar-refractivity contribution in [2.75, 3.05) is 24.3 Å². The quantitative estimate of drug-likeness (QED) is 0.241. The highest BCUT2D eigenvalue weighted by Gasteiger charge is 2.26. The van der Waals surface area contributed by atoms with E-state index in [1.54, 1.807) is 91.9 Å². The third-order valence-corrected chi connectivity index (χ3v) is 5.31. The molecule has 9 heteroatoms. The second-order valence-corrected chi connectivity index (χ2v) is 8.05. The van der Waals surface area contributed by atoms with Crippen LogP contribution in [0.3, 0.4) is 0 Å². The summed E-state index contributed by atoms with van der Waals surface area (Å²) in [4.78, 5) is 37.6. The van der Waals surface area contributed by atoms with Gasteiger partial charge in [-0.3, -0.25) is 14.9 Å². The lowest BCUT2D eigenvalue weighted by molar-refractivity contribution is -0.111. The molecule has 37 heavy (non-hydrogen) atoms. The van der Waals surface area contributed by atoms with Crippen LogP contribution in [-0.2, 0) is 9.53 Å². The second-order valence-electron chi connectivity index (χ2n) is 8.05. The summed E-state index contributed by atoms with van der Waals surface area (Å²) in [7, 11) is 0. The van der Waals surface area contributed by atoms with E-state index in [1.807, 2.05) is 0 Å². The maximum Gasteiger partial charge on any atom is 0.414 e. The van der Waals surface area contributed by atoms with E-state index in [0.717, 1.165) is 0 Å². The van der Waals surface area contributed by atoms with Gasteiger partial charge in [-0.1, -0.05) is 61.5 Å². The van der Waals surface area contributed by atoms with Gasteiger partial charge < -0.3 is 25.6 Å². The predicted octanol–water partition coefficient (Wildman–Crippen LogP) is 4.08. The number of carbonyl (C=O) groups is 3. The Hall–Kier alpha value is -4.63. The van der Waals surface area contributed by atoms with Crippen molar-refractivity contribution in [2.24, 2.45) is 5.92 Å². The van der Waals surface area contributed by atoms with Gasteiger partial charge in [0, 0.05) is 17.0 Å². The zero-order valence-electron chi connectivity index (χ0n) is 20.3. The summed E-state index contributed by atoms with van der Waals surface area (Å²) < 4.78 is 11.3. The highest BCUT2D eigenvalue weighted by molar-refractivity contribution is 6.03. The van der Waals surface area contributed by atoms with Gasteiger partial charge in [-0.25, -0.2) is 4.79 Å². The molecule has 0 aromatic heterocycles. The van der Waals surface area contributed by atoms with Crippen molar-refractivity contribution in [3.05, 3.63) is 102 Å². The molecule has 0 heterocycles. The number of carbonyl (C=O) groups excluding carboxylic acids is 3. The van der Waals surface area contributed by atoms with E-state index in [0.29, 0.717) is 28.3 Å². The van der Waals surface area contributed by atoms with Crippen molar-refractivity contribution in [2.45, 2.75) is 13.0 Å². The van der Waals surface area contributed by atoms with Crippen molar-refractivity contribution >= 4 is 29.3 Å². The van der Waals surface area contributed by atoms with Crippen molar-refractivity contribution in [3.63, 3.8) is 0 Å². The van der Waals surface area contributed by atoms with E-state index in [1.165, 1.54) is 6.08 Å². The molecule has 0 aliphatic rings. The fourth-order valence-electron chi connectivity index (χ4n) is 3.48. The number of alkyl carbamates (subject to hydrolysis) is 1. The molecule has 9 nitrogen and oxygen atoms in total. The first kappa shape index (κ1) is 27.0. The van der Waals surface area contributed by atoms with Gasteiger partial charge in [0.15, 0.2) is 0 Å². The Morgan fingerprint density at radius 2 is 1.65 bits per heavy atom. The molecule has 5 N–H and O–H groups in total. The summed E-state index contributed by atoms with van der Waals surface area (Å²) in [6.07, 6.45) is 1.01. The molecule has 3 amide bonds. The Morgan fingerprint density at radius 3 is 2.38 bits per heavy atom. The molecule has 0 saturated carbocycles. The second kappa shape index (κ2) is 13.5. The van der Waals surface area contributed by atoms with Crippen LogP contribution in [0.5, 0.6) is 5.75 Å². The average Bonchev–Trinajstić information content (AvgIpc) is 2.91. The molecule has 3 rings (SSSR count). The molecule has 0 aliphatic carbocycles. The summed E-state index contributed by atoms with van der Waals surface area (Å²) in [6.45, 7) is 1.58. The minimum absolute atomic E-state index is 0.0353. The molecule has 0 radical (unpaired) electrons. The first-order valence-corrected chi connectivity index (χ1v) is 11.6. The summed E-state index contributed by atoms with van der Waals surface area (Å²) in [5.74, 6) is -1.16. The number of imide groups is 1. The molecule has 0 fully saturated rings. The topological polar surface area (TPSA) is 140 Å². The van der Waals surface area contributed by atoms with E-state index in [2.05, 4.69) is 10.6 Å². The predicted molar refractivity (Wildman–Crippen MR) is 140 cm³/mol. The maximum atomic E-state index is 12.7. The lowest BCUT2D eigenvalue weighted by atomic mass is 9.95. The molecule has 192 valence electrons. The largest absolute Gasteiger partial charge is 0.491 e. The van der Waals surface area contributed by atoms with Crippen LogP contribution >= 0.6 is 0 Å². The molecule has 3 aromatic carbocycles. The monoisotopic (exact) mass is 503 g/mol. The van der Waals surface area contributed by atoms with Crippen LogP contribution in [0.4, 0.5) is 16.2 Å². The normalized spacial score (nSPS) is 12.4. The van der Waals surface area contributed by atoms with Crippen LogP contribution in [0.25, 0.3) is 0 Å². The van der Waals surface area contributed by atoms with Gasteiger partial charge in [0.1, 0.15) is 18.5 Å². The Balaban J connectivity index is 1.80. The number of hydrogen-bond acceptors (Lipinski definition) is 7. The SMILES string of the molecule is C[C@@H](/C=C/C(=O)Nc1ccccc1N)[C@@H](OC(=O)NC(=O)c1ccccc1)c1ccccc1OCCO. The van der Waals surface area contributed by atoms with Crippen LogP contribution in [0.1, 0.15) is 28.9 Å². The average molecular weight is 504 g/mol. The fraction of sp³-hybridized carbons (Fsp3) is 0.179. The van der Waals surface area contributed by atoms with Crippen molar-refractivity contribution < 1.29 is 29.0 Å². The van der Waals surface area contributed by atoms with Crippen molar-refractivity contribution in [1.82, 2.24) is 5.32 Å². The van der Waals surface area contributed by atoms with Gasteiger partial charge in [-0.05, 0) is 36.4 Å². The molecule has 0 unspecified atom stereocenters. The van der Waals surface area contributed by atoms with Crippen LogP contribution < -0.4 is 21.1 Å². The fourth-order valence-corrected chi connectivity index (χ4v) is 3.48. The first-order chi connectivity index (χ1) is 17.9. The minimum Gasteiger partial charge on any atom is -0.491 e. The van der Waals surface area contributed by atoms with E-state index < -0.39 is 29.9 Å². The third kappa shape index (κ3) is 7.94. The van der Waals surface area contributed by atoms with Gasteiger partial charge in [-0.2, -0.15) is 0 Å². The van der Waals surface area contributed by atoms with E-state index >= 15 is 0 Å². The zero-order valence-corrected chi connectivity index (χ0v) is 20.3. The number of rotatable bonds is 10. The van der Waals surface area contributed by atoms with Gasteiger partial charge in [-0.15, -0.1) is 0 Å². The Morgan fingerprint density at radius 1 is 0.973 bits per heavy atom. The van der Waals surface area contributed by atoms with Gasteiger partial charge in [0.2, 0.25) is 5.91 Å². The highest BCUT2D eigenvalue weighted by Crippen LogP contribution is 2.34. The number of amides is 3. The molecule has 0 bridgehead atoms. The van der Waals surface area contributed by atoms with Gasteiger partial charge in [0.25, 0.3) is 5.91 Å². The van der Waals surface area contributed by atoms with Crippen molar-refractivity contribution in [1.29, 1.82) is 0 Å². The summed E-state index contributed by atoms with van der Waals surface area (Å²) in [5.41, 5.74) is 7.58. The van der Waals surface area contributed by atoms with E-state index in [-0.39, 0.29) is 13.2 Å². The summed E-state index contributed by atoms with van der Waals surface area (Å²) in [6, 6.07) is 22.0. The van der Waals surface area contributed by atoms with Crippen LogP contribution in [-0.4, -0.2) is 36.2 Å².